The molecule has 1 N–H and O–H groups in total. The monoisotopic (exact) mass is 348 g/mol. The van der Waals surface area contributed by atoms with Crippen molar-refractivity contribution in [2.75, 3.05) is 12.8 Å². The van der Waals surface area contributed by atoms with Gasteiger partial charge >= 0.3 is 0 Å². The first-order valence-corrected chi connectivity index (χ1v) is 8.50. The number of nitrogens with one attached hydrogen (secondary N) is 1. The molecule has 2 heterocycles. The summed E-state index contributed by atoms with van der Waals surface area (Å²) in [7, 11) is 0. The topological polar surface area (TPSA) is 72.8 Å². The van der Waals surface area contributed by atoms with Gasteiger partial charge in [0.05, 0.1) is 22.9 Å². The first-order valence-electron chi connectivity index (χ1n) is 7.28. The Balaban J connectivity index is 1.85. The highest BCUT2D eigenvalue weighted by molar-refractivity contribution is 7.98. The first-order chi connectivity index (χ1) is 11.5. The number of benzene rings is 1. The molecule has 8 heteroatoms. The molecule has 1 aliphatic rings. The Kier molecular flexibility index (Phi) is 4.64. The van der Waals surface area contributed by atoms with Crippen molar-refractivity contribution >= 4 is 11.8 Å². The molecule has 0 fully saturated rings. The summed E-state index contributed by atoms with van der Waals surface area (Å²) in [6.45, 7) is 0.869. The van der Waals surface area contributed by atoms with E-state index in [1.165, 1.54) is 11.8 Å². The molecule has 2 aromatic rings. The number of hydrogen-bond donors (Lipinski definition) is 1. The van der Waals surface area contributed by atoms with Crippen LogP contribution in [0.4, 0.5) is 8.78 Å². The van der Waals surface area contributed by atoms with Crippen LogP contribution in [0.25, 0.3) is 0 Å². The van der Waals surface area contributed by atoms with Crippen molar-refractivity contribution in [2.45, 2.75) is 24.7 Å². The number of H-pyrrole nitrogens is 1. The van der Waals surface area contributed by atoms with Gasteiger partial charge < -0.3 is 4.98 Å². The molecule has 0 amide bonds. The Morgan fingerprint density at radius 2 is 2.12 bits per heavy atom. The van der Waals surface area contributed by atoms with E-state index in [1.54, 1.807) is 11.0 Å². The van der Waals surface area contributed by atoms with Crippen molar-refractivity contribution in [2.24, 2.45) is 0 Å². The fourth-order valence-corrected chi connectivity index (χ4v) is 3.13. The van der Waals surface area contributed by atoms with Gasteiger partial charge in [0.2, 0.25) is 0 Å². The minimum absolute atomic E-state index is 0.0343. The van der Waals surface area contributed by atoms with Crippen LogP contribution < -0.4 is 5.56 Å². The lowest BCUT2D eigenvalue weighted by Crippen LogP contribution is -2.35. The zero-order chi connectivity index (χ0) is 17.3. The van der Waals surface area contributed by atoms with Gasteiger partial charge in [-0.25, -0.2) is 13.8 Å². The summed E-state index contributed by atoms with van der Waals surface area (Å²) in [4.78, 5) is 21.0. The zero-order valence-corrected chi connectivity index (χ0v) is 13.7. The molecule has 0 spiro atoms. The molecule has 1 aromatic heterocycles. The molecule has 0 saturated heterocycles. The van der Waals surface area contributed by atoms with E-state index in [0.29, 0.717) is 23.7 Å². The summed E-state index contributed by atoms with van der Waals surface area (Å²) in [5.41, 5.74) is 0.911. The Morgan fingerprint density at radius 1 is 1.42 bits per heavy atom. The Labute approximate surface area is 141 Å². The van der Waals surface area contributed by atoms with Gasteiger partial charge in [0.1, 0.15) is 11.6 Å². The van der Waals surface area contributed by atoms with Crippen LogP contribution in [0.15, 0.2) is 22.1 Å². The van der Waals surface area contributed by atoms with Crippen molar-refractivity contribution in [3.8, 4) is 6.07 Å². The largest absolute Gasteiger partial charge is 0.301 e. The third-order valence-electron chi connectivity index (χ3n) is 3.97. The number of nitriles is 1. The Bertz CT molecular complexity index is 868. The van der Waals surface area contributed by atoms with Crippen LogP contribution >= 0.6 is 11.8 Å². The van der Waals surface area contributed by atoms with Crippen LogP contribution in [-0.4, -0.2) is 27.7 Å². The molecule has 0 radical (unpaired) electrons. The van der Waals surface area contributed by atoms with Crippen LogP contribution in [0.5, 0.6) is 0 Å². The van der Waals surface area contributed by atoms with E-state index in [9.17, 15) is 13.6 Å². The number of rotatable bonds is 3. The predicted octanol–water partition coefficient (Wildman–Crippen LogP) is 2.20. The first kappa shape index (κ1) is 16.6. The summed E-state index contributed by atoms with van der Waals surface area (Å²) in [6.07, 6.45) is 2.38. The summed E-state index contributed by atoms with van der Waals surface area (Å²) < 4.78 is 28.1. The molecule has 124 valence electrons. The molecule has 0 atom stereocenters. The normalized spacial score (nSPS) is 14.2. The van der Waals surface area contributed by atoms with Crippen LogP contribution in [0.1, 0.15) is 22.4 Å². The van der Waals surface area contributed by atoms with E-state index in [-0.39, 0.29) is 29.8 Å². The second-order valence-electron chi connectivity index (χ2n) is 5.49. The van der Waals surface area contributed by atoms with Gasteiger partial charge in [-0.3, -0.25) is 9.69 Å². The number of nitrogens with zero attached hydrogens (tertiary/aromatic N) is 3. The number of aromatic amines is 1. The third-order valence-corrected chi connectivity index (χ3v) is 4.55. The fourth-order valence-electron chi connectivity index (χ4n) is 2.73. The van der Waals surface area contributed by atoms with E-state index in [2.05, 4.69) is 9.97 Å². The second kappa shape index (κ2) is 6.71. The summed E-state index contributed by atoms with van der Waals surface area (Å²) in [5.74, 6) is -1.50. The molecule has 0 unspecified atom stereocenters. The standard InChI is InChI=1S/C16H14F2N4OS/c1-24-16-20-14-2-3-22(8-11(14)15(23)21-16)7-10-12(17)4-9(6-19)5-13(10)18/h4-5H,2-3,7-8H2,1H3,(H,20,21,23). The van der Waals surface area contributed by atoms with Crippen LogP contribution in [0.2, 0.25) is 0 Å². The fraction of sp³-hybridized carbons (Fsp3) is 0.312. The average Bonchev–Trinajstić information content (AvgIpc) is 2.58. The lowest BCUT2D eigenvalue weighted by molar-refractivity contribution is 0.234. The summed E-state index contributed by atoms with van der Waals surface area (Å²) in [5, 5.41) is 9.31. The SMILES string of the molecule is CSc1nc2c(c(=O)[nH]1)CN(Cc1c(F)cc(C#N)cc1F)CC2. The lowest BCUT2D eigenvalue weighted by atomic mass is 10.0. The Morgan fingerprint density at radius 3 is 2.75 bits per heavy atom. The maximum absolute atomic E-state index is 14.0. The highest BCUT2D eigenvalue weighted by atomic mass is 32.2. The molecule has 1 aliphatic heterocycles. The summed E-state index contributed by atoms with van der Waals surface area (Å²) >= 11 is 1.36. The molecule has 5 nitrogen and oxygen atoms in total. The van der Waals surface area contributed by atoms with Crippen molar-refractivity contribution in [1.29, 1.82) is 5.26 Å². The van der Waals surface area contributed by atoms with E-state index in [1.807, 2.05) is 6.26 Å². The molecule has 24 heavy (non-hydrogen) atoms. The summed E-state index contributed by atoms with van der Waals surface area (Å²) in [6, 6.07) is 3.77. The van der Waals surface area contributed by atoms with Gasteiger partial charge in [-0.05, 0) is 18.4 Å². The van der Waals surface area contributed by atoms with E-state index in [4.69, 9.17) is 5.26 Å². The van der Waals surface area contributed by atoms with Crippen LogP contribution in [0, 0.1) is 23.0 Å². The molecular formula is C16H14F2N4OS. The lowest BCUT2D eigenvalue weighted by Gasteiger charge is -2.27. The van der Waals surface area contributed by atoms with E-state index >= 15 is 0 Å². The van der Waals surface area contributed by atoms with Crippen molar-refractivity contribution in [3.05, 3.63) is 56.5 Å². The average molecular weight is 348 g/mol. The van der Waals surface area contributed by atoms with Gasteiger partial charge in [-0.15, -0.1) is 0 Å². The Hall–Kier alpha value is -2.24. The molecule has 0 aliphatic carbocycles. The maximum atomic E-state index is 14.0. The van der Waals surface area contributed by atoms with Gasteiger partial charge in [0.15, 0.2) is 5.16 Å². The van der Waals surface area contributed by atoms with Crippen molar-refractivity contribution < 1.29 is 8.78 Å². The molecular weight excluding hydrogens is 334 g/mol. The number of hydrogen-bond acceptors (Lipinski definition) is 5. The van der Waals surface area contributed by atoms with Gasteiger partial charge in [0.25, 0.3) is 5.56 Å². The number of thioether (sulfide) groups is 1. The van der Waals surface area contributed by atoms with Gasteiger partial charge in [-0.1, -0.05) is 11.8 Å². The number of aromatic nitrogens is 2. The minimum atomic E-state index is -0.748. The molecule has 1 aromatic carbocycles. The minimum Gasteiger partial charge on any atom is -0.301 e. The quantitative estimate of drug-likeness (QED) is 0.680. The number of fused-ring (bicyclic) bond motifs is 1. The molecule has 0 saturated carbocycles. The van der Waals surface area contributed by atoms with Crippen molar-refractivity contribution in [3.63, 3.8) is 0 Å². The maximum Gasteiger partial charge on any atom is 0.256 e. The van der Waals surface area contributed by atoms with E-state index in [0.717, 1.165) is 17.8 Å². The third kappa shape index (κ3) is 3.18. The van der Waals surface area contributed by atoms with Crippen LogP contribution in [0.3, 0.4) is 0 Å². The smallest absolute Gasteiger partial charge is 0.256 e. The van der Waals surface area contributed by atoms with Crippen molar-refractivity contribution in [1.82, 2.24) is 14.9 Å². The number of halogens is 2. The van der Waals surface area contributed by atoms with Gasteiger partial charge in [-0.2, -0.15) is 5.26 Å². The second-order valence-corrected chi connectivity index (χ2v) is 6.29. The molecule has 0 bridgehead atoms. The van der Waals surface area contributed by atoms with E-state index < -0.39 is 11.6 Å². The molecule has 3 rings (SSSR count). The highest BCUT2D eigenvalue weighted by Gasteiger charge is 2.23. The van der Waals surface area contributed by atoms with Crippen LogP contribution in [-0.2, 0) is 19.5 Å². The highest BCUT2D eigenvalue weighted by Crippen LogP contribution is 2.21. The van der Waals surface area contributed by atoms with Gasteiger partial charge in [0, 0.05) is 31.6 Å². The predicted molar refractivity (Wildman–Crippen MR) is 85.5 cm³/mol. The zero-order valence-electron chi connectivity index (χ0n) is 12.9.